The molecule has 0 bridgehead atoms. The molecule has 2 unspecified atom stereocenters. The van der Waals surface area contributed by atoms with E-state index in [2.05, 4.69) is 15.7 Å². The molecule has 92 valence electrons. The van der Waals surface area contributed by atoms with Crippen LogP contribution >= 0.6 is 0 Å². The standard InChI is InChI=1S/C11H16N4O2/c1-7-9(4-5-17-7)14-11(16)10-3-2-8(15-12)6-13-10/h2-3,6-7,9,15H,4-5,12H2,1H3,(H,14,16). The fourth-order valence-electron chi connectivity index (χ4n) is 1.78. The first-order valence-electron chi connectivity index (χ1n) is 5.56. The van der Waals surface area contributed by atoms with E-state index in [1.165, 1.54) is 6.20 Å². The van der Waals surface area contributed by atoms with Gasteiger partial charge in [-0.15, -0.1) is 0 Å². The maximum Gasteiger partial charge on any atom is 0.270 e. The van der Waals surface area contributed by atoms with Crippen LogP contribution in [0.3, 0.4) is 0 Å². The monoisotopic (exact) mass is 236 g/mol. The number of nitrogens with one attached hydrogen (secondary N) is 2. The van der Waals surface area contributed by atoms with Crippen LogP contribution in [0.25, 0.3) is 0 Å². The molecular formula is C11H16N4O2. The van der Waals surface area contributed by atoms with Gasteiger partial charge in [0.2, 0.25) is 0 Å². The Morgan fingerprint density at radius 1 is 1.59 bits per heavy atom. The lowest BCUT2D eigenvalue weighted by Crippen LogP contribution is -2.39. The number of ether oxygens (including phenoxy) is 1. The highest BCUT2D eigenvalue weighted by atomic mass is 16.5. The van der Waals surface area contributed by atoms with Crippen molar-refractivity contribution in [1.29, 1.82) is 0 Å². The third-order valence-corrected chi connectivity index (χ3v) is 2.86. The largest absolute Gasteiger partial charge is 0.376 e. The molecule has 4 N–H and O–H groups in total. The number of hydrogen-bond donors (Lipinski definition) is 3. The number of nitrogens with two attached hydrogens (primary N) is 1. The normalized spacial score (nSPS) is 23.4. The minimum atomic E-state index is -0.184. The third kappa shape index (κ3) is 2.72. The van der Waals surface area contributed by atoms with Gasteiger partial charge in [0.05, 0.1) is 24.0 Å². The van der Waals surface area contributed by atoms with Crippen LogP contribution in [-0.4, -0.2) is 29.6 Å². The zero-order valence-electron chi connectivity index (χ0n) is 9.64. The van der Waals surface area contributed by atoms with Gasteiger partial charge >= 0.3 is 0 Å². The Morgan fingerprint density at radius 3 is 2.94 bits per heavy atom. The molecule has 1 aliphatic rings. The first-order valence-corrected chi connectivity index (χ1v) is 5.56. The second-order valence-corrected chi connectivity index (χ2v) is 4.02. The first kappa shape index (κ1) is 11.8. The number of aromatic nitrogens is 1. The van der Waals surface area contributed by atoms with Crippen molar-refractivity contribution in [3.05, 3.63) is 24.0 Å². The topological polar surface area (TPSA) is 89.3 Å². The smallest absolute Gasteiger partial charge is 0.270 e. The van der Waals surface area contributed by atoms with E-state index in [0.29, 0.717) is 18.0 Å². The number of nitrogen functional groups attached to an aromatic ring is 1. The van der Waals surface area contributed by atoms with E-state index in [-0.39, 0.29) is 18.1 Å². The molecule has 1 aromatic rings. The molecule has 6 nitrogen and oxygen atoms in total. The second-order valence-electron chi connectivity index (χ2n) is 4.02. The highest BCUT2D eigenvalue weighted by Gasteiger charge is 2.26. The van der Waals surface area contributed by atoms with Gasteiger partial charge in [0.15, 0.2) is 0 Å². The van der Waals surface area contributed by atoms with E-state index in [9.17, 15) is 4.79 Å². The van der Waals surface area contributed by atoms with Gasteiger partial charge in [0.25, 0.3) is 5.91 Å². The summed E-state index contributed by atoms with van der Waals surface area (Å²) in [6, 6.07) is 3.40. The van der Waals surface area contributed by atoms with E-state index < -0.39 is 0 Å². The SMILES string of the molecule is CC1OCCC1NC(=O)c1ccc(NN)cn1. The predicted octanol–water partition coefficient (Wildman–Crippen LogP) is 0.274. The molecule has 0 aliphatic carbocycles. The molecule has 2 rings (SSSR count). The molecule has 0 spiro atoms. The number of amides is 1. The first-order chi connectivity index (χ1) is 8.20. The highest BCUT2D eigenvalue weighted by molar-refractivity contribution is 5.92. The minimum Gasteiger partial charge on any atom is -0.376 e. The van der Waals surface area contributed by atoms with Gasteiger partial charge in [-0.25, -0.2) is 4.98 Å². The van der Waals surface area contributed by atoms with Crippen LogP contribution < -0.4 is 16.6 Å². The number of anilines is 1. The summed E-state index contributed by atoms with van der Waals surface area (Å²) in [5, 5.41) is 2.90. The van der Waals surface area contributed by atoms with Gasteiger partial charge in [0.1, 0.15) is 5.69 Å². The number of pyridine rings is 1. The summed E-state index contributed by atoms with van der Waals surface area (Å²) in [6.45, 7) is 2.64. The quantitative estimate of drug-likeness (QED) is 0.518. The van der Waals surface area contributed by atoms with E-state index >= 15 is 0 Å². The molecule has 6 heteroatoms. The molecule has 2 heterocycles. The van der Waals surface area contributed by atoms with E-state index in [4.69, 9.17) is 10.6 Å². The van der Waals surface area contributed by atoms with Crippen LogP contribution in [0.4, 0.5) is 5.69 Å². The number of carbonyl (C=O) groups excluding carboxylic acids is 1. The summed E-state index contributed by atoms with van der Waals surface area (Å²) in [7, 11) is 0. The Morgan fingerprint density at radius 2 is 2.41 bits per heavy atom. The number of nitrogens with zero attached hydrogens (tertiary/aromatic N) is 1. The van der Waals surface area contributed by atoms with Crippen LogP contribution in [0.2, 0.25) is 0 Å². The molecular weight excluding hydrogens is 220 g/mol. The van der Waals surface area contributed by atoms with Crippen molar-refractivity contribution in [1.82, 2.24) is 10.3 Å². The van der Waals surface area contributed by atoms with Crippen molar-refractivity contribution in [2.45, 2.75) is 25.5 Å². The lowest BCUT2D eigenvalue weighted by Gasteiger charge is -2.15. The molecule has 17 heavy (non-hydrogen) atoms. The number of hydrogen-bond acceptors (Lipinski definition) is 5. The number of carbonyl (C=O) groups is 1. The van der Waals surface area contributed by atoms with Gasteiger partial charge < -0.3 is 15.5 Å². The van der Waals surface area contributed by atoms with E-state index in [0.717, 1.165) is 6.42 Å². The van der Waals surface area contributed by atoms with Crippen molar-refractivity contribution in [2.24, 2.45) is 5.84 Å². The van der Waals surface area contributed by atoms with Crippen LogP contribution in [0.1, 0.15) is 23.8 Å². The summed E-state index contributed by atoms with van der Waals surface area (Å²) >= 11 is 0. The highest BCUT2D eigenvalue weighted by Crippen LogP contribution is 2.13. The summed E-state index contributed by atoms with van der Waals surface area (Å²) in [4.78, 5) is 15.9. The van der Waals surface area contributed by atoms with Gasteiger partial charge in [-0.3, -0.25) is 10.6 Å². The average Bonchev–Trinajstić information content (AvgIpc) is 2.75. The molecule has 0 radical (unpaired) electrons. The fourth-order valence-corrected chi connectivity index (χ4v) is 1.78. The summed E-state index contributed by atoms with van der Waals surface area (Å²) in [5.41, 5.74) is 3.50. The molecule has 1 saturated heterocycles. The van der Waals surface area contributed by atoms with Crippen LogP contribution in [0.15, 0.2) is 18.3 Å². The molecule has 2 atom stereocenters. The number of rotatable bonds is 3. The van der Waals surface area contributed by atoms with E-state index in [1.807, 2.05) is 6.92 Å². The van der Waals surface area contributed by atoms with Crippen molar-refractivity contribution in [2.75, 3.05) is 12.0 Å². The molecule has 0 aromatic carbocycles. The number of hydrazine groups is 1. The Kier molecular flexibility index (Phi) is 3.55. The maximum atomic E-state index is 11.9. The van der Waals surface area contributed by atoms with Crippen LogP contribution in [-0.2, 0) is 4.74 Å². The zero-order chi connectivity index (χ0) is 12.3. The van der Waals surface area contributed by atoms with Crippen molar-refractivity contribution >= 4 is 11.6 Å². The second kappa shape index (κ2) is 5.11. The van der Waals surface area contributed by atoms with Gasteiger partial charge in [-0.05, 0) is 25.5 Å². The summed E-state index contributed by atoms with van der Waals surface area (Å²) < 4.78 is 5.38. The van der Waals surface area contributed by atoms with E-state index in [1.54, 1.807) is 12.1 Å². The van der Waals surface area contributed by atoms with Gasteiger partial charge in [0, 0.05) is 6.61 Å². The molecule has 1 aliphatic heterocycles. The average molecular weight is 236 g/mol. The zero-order valence-corrected chi connectivity index (χ0v) is 9.64. The van der Waals surface area contributed by atoms with Gasteiger partial charge in [-0.1, -0.05) is 0 Å². The predicted molar refractivity (Wildman–Crippen MR) is 63.3 cm³/mol. The molecule has 0 saturated carbocycles. The van der Waals surface area contributed by atoms with Crippen LogP contribution in [0.5, 0.6) is 0 Å². The van der Waals surface area contributed by atoms with Gasteiger partial charge in [-0.2, -0.15) is 0 Å². The third-order valence-electron chi connectivity index (χ3n) is 2.86. The van der Waals surface area contributed by atoms with Crippen LogP contribution in [0, 0.1) is 0 Å². The maximum absolute atomic E-state index is 11.9. The Labute approximate surface area is 99.5 Å². The lowest BCUT2D eigenvalue weighted by atomic mass is 10.1. The fraction of sp³-hybridized carbons (Fsp3) is 0.455. The summed E-state index contributed by atoms with van der Waals surface area (Å²) in [6.07, 6.45) is 2.42. The van der Waals surface area contributed by atoms with Crippen molar-refractivity contribution < 1.29 is 9.53 Å². The summed E-state index contributed by atoms with van der Waals surface area (Å²) in [5.74, 6) is 5.03. The molecule has 1 fully saturated rings. The Balaban J connectivity index is 1.99. The van der Waals surface area contributed by atoms with Crippen molar-refractivity contribution in [3.8, 4) is 0 Å². The Hall–Kier alpha value is -1.66. The molecule has 1 aromatic heterocycles. The van der Waals surface area contributed by atoms with Crippen molar-refractivity contribution in [3.63, 3.8) is 0 Å². The Bertz CT molecular complexity index is 393. The molecule has 1 amide bonds. The lowest BCUT2D eigenvalue weighted by molar-refractivity contribution is 0.0862. The minimum absolute atomic E-state index is 0.0592.